The molecule has 2 aromatic rings. The van der Waals surface area contributed by atoms with Crippen molar-refractivity contribution in [1.29, 1.82) is 0 Å². The molecule has 148 valence electrons. The molecule has 1 amide bonds. The van der Waals surface area contributed by atoms with E-state index in [1.54, 1.807) is 0 Å². The van der Waals surface area contributed by atoms with Gasteiger partial charge in [0.2, 0.25) is 10.0 Å². The number of nitrogens with zero attached hydrogens (tertiary/aromatic N) is 1. The van der Waals surface area contributed by atoms with Crippen molar-refractivity contribution in [3.8, 4) is 0 Å². The van der Waals surface area contributed by atoms with Crippen LogP contribution >= 0.6 is 0 Å². The normalized spacial score (nSPS) is 19.2. The first-order chi connectivity index (χ1) is 13.4. The van der Waals surface area contributed by atoms with Crippen molar-refractivity contribution in [2.24, 2.45) is 0 Å². The van der Waals surface area contributed by atoms with Gasteiger partial charge in [-0.15, -0.1) is 0 Å². The summed E-state index contributed by atoms with van der Waals surface area (Å²) >= 11 is 0. The second kappa shape index (κ2) is 7.29. The predicted octanol–water partition coefficient (Wildman–Crippen LogP) is 3.42. The third-order valence-corrected chi connectivity index (χ3v) is 7.68. The second-order valence-corrected chi connectivity index (χ2v) is 9.42. The largest absolute Gasteiger partial charge is 0.343 e. The first kappa shape index (κ1) is 19.1. The van der Waals surface area contributed by atoms with Crippen molar-refractivity contribution in [3.63, 3.8) is 0 Å². The van der Waals surface area contributed by atoms with Crippen LogP contribution in [0.1, 0.15) is 48.0 Å². The van der Waals surface area contributed by atoms with Gasteiger partial charge in [0.05, 0.1) is 5.54 Å². The molecule has 1 aliphatic heterocycles. The Kier molecular flexibility index (Phi) is 4.97. The third kappa shape index (κ3) is 3.33. The summed E-state index contributed by atoms with van der Waals surface area (Å²) in [5.74, 6) is -1.22. The molecule has 28 heavy (non-hydrogen) atoms. The molecule has 1 aliphatic carbocycles. The van der Waals surface area contributed by atoms with Crippen LogP contribution in [0.3, 0.4) is 0 Å². The molecule has 1 saturated carbocycles. The maximum atomic E-state index is 14.3. The van der Waals surface area contributed by atoms with Crippen LogP contribution in [0, 0.1) is 5.82 Å². The fourth-order valence-corrected chi connectivity index (χ4v) is 5.58. The average Bonchev–Trinajstić information content (AvgIpc) is 3.21. The monoisotopic (exact) mass is 402 g/mol. The number of halogens is 1. The van der Waals surface area contributed by atoms with Gasteiger partial charge in [0.25, 0.3) is 5.91 Å². The number of nitrogens with one attached hydrogen (secondary N) is 1. The highest BCUT2D eigenvalue weighted by Gasteiger charge is 2.40. The van der Waals surface area contributed by atoms with Crippen molar-refractivity contribution in [2.45, 2.75) is 42.5 Å². The van der Waals surface area contributed by atoms with Gasteiger partial charge in [0.15, 0.2) is 0 Å². The summed E-state index contributed by atoms with van der Waals surface area (Å²) in [4.78, 5) is 12.5. The molecule has 0 bridgehead atoms. The summed E-state index contributed by atoms with van der Waals surface area (Å²) in [6.07, 6.45) is 4.18. The number of hydrogen-bond acceptors (Lipinski definition) is 3. The predicted molar refractivity (Wildman–Crippen MR) is 104 cm³/mol. The number of benzene rings is 2. The van der Waals surface area contributed by atoms with Gasteiger partial charge >= 0.3 is 0 Å². The molecule has 2 fully saturated rings. The van der Waals surface area contributed by atoms with Crippen molar-refractivity contribution in [2.75, 3.05) is 13.1 Å². The summed E-state index contributed by atoms with van der Waals surface area (Å²) in [5, 5.41) is 3.06. The van der Waals surface area contributed by atoms with Gasteiger partial charge in [-0.3, -0.25) is 4.79 Å². The maximum Gasteiger partial charge on any atom is 0.252 e. The molecule has 7 heteroatoms. The Morgan fingerprint density at radius 3 is 2.29 bits per heavy atom. The lowest BCUT2D eigenvalue weighted by Gasteiger charge is -2.43. The van der Waals surface area contributed by atoms with Gasteiger partial charge in [0.1, 0.15) is 10.7 Å². The SMILES string of the molecule is O=C(NC1(c2ccccc2)CCC1)c1ccc(F)c(S(=O)(=O)N2CCCC2)c1. The number of carbonyl (C=O) groups is 1. The van der Waals surface area contributed by atoms with Crippen LogP contribution in [0.15, 0.2) is 53.4 Å². The lowest BCUT2D eigenvalue weighted by atomic mass is 9.71. The summed E-state index contributed by atoms with van der Waals surface area (Å²) in [6, 6.07) is 13.3. The standard InChI is InChI=1S/C21H23FN2O3S/c22-18-10-9-16(15-19(18)28(26,27)24-13-4-5-14-24)20(25)23-21(11-6-12-21)17-7-2-1-3-8-17/h1-3,7-10,15H,4-6,11-14H2,(H,23,25). The first-order valence-corrected chi connectivity index (χ1v) is 11.0. The highest BCUT2D eigenvalue weighted by molar-refractivity contribution is 7.89. The minimum Gasteiger partial charge on any atom is -0.343 e. The van der Waals surface area contributed by atoms with Gasteiger partial charge in [0, 0.05) is 18.7 Å². The molecule has 1 heterocycles. The smallest absolute Gasteiger partial charge is 0.252 e. The molecule has 0 aromatic heterocycles. The first-order valence-electron chi connectivity index (χ1n) is 9.60. The zero-order chi connectivity index (χ0) is 19.8. The Balaban J connectivity index is 1.62. The zero-order valence-corrected chi connectivity index (χ0v) is 16.3. The van der Waals surface area contributed by atoms with Gasteiger partial charge in [-0.1, -0.05) is 30.3 Å². The molecule has 1 saturated heterocycles. The minimum atomic E-state index is -3.93. The van der Waals surface area contributed by atoms with Crippen molar-refractivity contribution >= 4 is 15.9 Å². The Labute approximate surface area is 164 Å². The van der Waals surface area contributed by atoms with Crippen LogP contribution < -0.4 is 5.32 Å². The molecule has 4 rings (SSSR count). The van der Waals surface area contributed by atoms with Crippen LogP contribution in [0.4, 0.5) is 4.39 Å². The number of sulfonamides is 1. The number of carbonyl (C=O) groups excluding carboxylic acids is 1. The Hall–Kier alpha value is -2.25. The van der Waals surface area contributed by atoms with E-state index < -0.39 is 26.3 Å². The molecular weight excluding hydrogens is 379 g/mol. The summed E-state index contributed by atoms with van der Waals surface area (Å²) in [5.41, 5.74) is 0.740. The van der Waals surface area contributed by atoms with Crippen LogP contribution in [-0.2, 0) is 15.6 Å². The van der Waals surface area contributed by atoms with Gasteiger partial charge in [-0.25, -0.2) is 12.8 Å². The van der Waals surface area contributed by atoms with E-state index in [1.807, 2.05) is 30.3 Å². The summed E-state index contributed by atoms with van der Waals surface area (Å²) in [6.45, 7) is 0.768. The van der Waals surface area contributed by atoms with Crippen molar-refractivity contribution < 1.29 is 17.6 Å². The lowest BCUT2D eigenvalue weighted by molar-refractivity contribution is 0.0823. The second-order valence-electron chi connectivity index (χ2n) is 7.51. The molecule has 1 N–H and O–H groups in total. The van der Waals surface area contributed by atoms with Crippen LogP contribution in [-0.4, -0.2) is 31.7 Å². The average molecular weight is 402 g/mol. The Bertz CT molecular complexity index is 982. The van der Waals surface area contributed by atoms with E-state index in [4.69, 9.17) is 0 Å². The van der Waals surface area contributed by atoms with Gasteiger partial charge in [-0.2, -0.15) is 4.31 Å². The molecule has 5 nitrogen and oxygen atoms in total. The molecule has 2 aliphatic rings. The van der Waals surface area contributed by atoms with E-state index in [0.717, 1.165) is 49.8 Å². The Morgan fingerprint density at radius 2 is 1.68 bits per heavy atom. The van der Waals surface area contributed by atoms with E-state index in [2.05, 4.69) is 5.32 Å². The molecular formula is C21H23FN2O3S. The van der Waals surface area contributed by atoms with Crippen LogP contribution in [0.5, 0.6) is 0 Å². The summed E-state index contributed by atoms with van der Waals surface area (Å²) < 4.78 is 41.1. The van der Waals surface area contributed by atoms with Crippen molar-refractivity contribution in [3.05, 3.63) is 65.5 Å². The van der Waals surface area contributed by atoms with E-state index in [1.165, 1.54) is 10.4 Å². The lowest BCUT2D eigenvalue weighted by Crippen LogP contribution is -2.50. The fraction of sp³-hybridized carbons (Fsp3) is 0.381. The highest BCUT2D eigenvalue weighted by Crippen LogP contribution is 2.41. The van der Waals surface area contributed by atoms with Gasteiger partial charge in [-0.05, 0) is 55.9 Å². The molecule has 0 unspecified atom stereocenters. The van der Waals surface area contributed by atoms with Crippen molar-refractivity contribution in [1.82, 2.24) is 9.62 Å². The maximum absolute atomic E-state index is 14.3. The van der Waals surface area contributed by atoms with E-state index in [0.29, 0.717) is 13.1 Å². The minimum absolute atomic E-state index is 0.154. The Morgan fingerprint density at radius 1 is 1.00 bits per heavy atom. The van der Waals surface area contributed by atoms with E-state index >= 15 is 0 Å². The molecule has 0 atom stereocenters. The highest BCUT2D eigenvalue weighted by atomic mass is 32.2. The van der Waals surface area contributed by atoms with Crippen LogP contribution in [0.2, 0.25) is 0 Å². The molecule has 0 radical (unpaired) electrons. The topological polar surface area (TPSA) is 66.5 Å². The van der Waals surface area contributed by atoms with Gasteiger partial charge < -0.3 is 5.32 Å². The zero-order valence-electron chi connectivity index (χ0n) is 15.5. The molecule has 0 spiro atoms. The van der Waals surface area contributed by atoms with Crippen LogP contribution in [0.25, 0.3) is 0 Å². The summed E-state index contributed by atoms with van der Waals surface area (Å²) in [7, 11) is -3.93. The van der Waals surface area contributed by atoms with E-state index in [9.17, 15) is 17.6 Å². The quantitative estimate of drug-likeness (QED) is 0.833. The number of rotatable bonds is 5. The number of hydrogen-bond donors (Lipinski definition) is 1. The number of amides is 1. The fourth-order valence-electron chi connectivity index (χ4n) is 3.97. The van der Waals surface area contributed by atoms with E-state index in [-0.39, 0.29) is 11.5 Å². The molecule has 2 aromatic carbocycles. The third-order valence-electron chi connectivity index (χ3n) is 5.76.